The highest BCUT2D eigenvalue weighted by Crippen LogP contribution is 2.12. The van der Waals surface area contributed by atoms with Gasteiger partial charge in [0.25, 0.3) is 0 Å². The minimum absolute atomic E-state index is 0.305. The Morgan fingerprint density at radius 2 is 1.89 bits per heavy atom. The second kappa shape index (κ2) is 9.20. The van der Waals surface area contributed by atoms with E-state index in [-0.39, 0.29) is 5.97 Å². The van der Waals surface area contributed by atoms with Crippen molar-refractivity contribution in [1.29, 1.82) is 0 Å². The summed E-state index contributed by atoms with van der Waals surface area (Å²) in [6, 6.07) is 6.90. The molecule has 0 aliphatic heterocycles. The molecule has 0 radical (unpaired) electrons. The summed E-state index contributed by atoms with van der Waals surface area (Å²) in [4.78, 5) is 11.7. The van der Waals surface area contributed by atoms with E-state index in [4.69, 9.17) is 9.47 Å². The summed E-state index contributed by atoms with van der Waals surface area (Å²) in [7, 11) is 1.59. The van der Waals surface area contributed by atoms with Gasteiger partial charge in [-0.05, 0) is 37.1 Å². The molecule has 0 saturated carbocycles. The molecule has 0 aromatic heterocycles. The third kappa shape index (κ3) is 6.09. The number of hydrogen-bond acceptors (Lipinski definition) is 3. The lowest BCUT2D eigenvalue weighted by Crippen LogP contribution is -2.04. The molecule has 19 heavy (non-hydrogen) atoms. The Balaban J connectivity index is 2.26. The molecule has 0 bridgehead atoms. The Morgan fingerprint density at radius 3 is 2.53 bits per heavy atom. The molecule has 0 saturated heterocycles. The summed E-state index contributed by atoms with van der Waals surface area (Å²) >= 11 is 0. The van der Waals surface area contributed by atoms with Crippen LogP contribution in [0.2, 0.25) is 0 Å². The normalized spacial score (nSPS) is 10.6. The van der Waals surface area contributed by atoms with Crippen LogP contribution in [0.25, 0.3) is 0 Å². The maximum absolute atomic E-state index is 11.7. The molecule has 0 unspecified atom stereocenters. The number of ether oxygens (including phenoxy) is 2. The number of hydrogen-bond donors (Lipinski definition) is 0. The van der Waals surface area contributed by atoms with Crippen molar-refractivity contribution < 1.29 is 14.3 Å². The van der Waals surface area contributed by atoms with E-state index >= 15 is 0 Å². The van der Waals surface area contributed by atoms with Crippen LogP contribution < -0.4 is 4.74 Å². The fourth-order valence-corrected chi connectivity index (χ4v) is 1.63. The molecule has 3 nitrogen and oxygen atoms in total. The number of methoxy groups -OCH3 is 1. The summed E-state index contributed by atoms with van der Waals surface area (Å²) in [5.41, 5.74) is 0.542. The van der Waals surface area contributed by atoms with Crippen LogP contribution in [0.15, 0.2) is 36.4 Å². The topological polar surface area (TPSA) is 35.5 Å². The number of esters is 1. The molecule has 0 heterocycles. The van der Waals surface area contributed by atoms with Crippen molar-refractivity contribution in [3.63, 3.8) is 0 Å². The molecule has 3 heteroatoms. The number of allylic oxidation sites excluding steroid dienone is 1. The van der Waals surface area contributed by atoms with Crippen LogP contribution in [0.3, 0.4) is 0 Å². The second-order valence-electron chi connectivity index (χ2n) is 4.29. The molecule has 1 rings (SSSR count). The number of benzene rings is 1. The zero-order valence-electron chi connectivity index (χ0n) is 11.7. The Morgan fingerprint density at radius 1 is 1.16 bits per heavy atom. The van der Waals surface area contributed by atoms with E-state index in [0.717, 1.165) is 12.2 Å². The highest BCUT2D eigenvalue weighted by atomic mass is 16.5. The largest absolute Gasteiger partial charge is 0.497 e. The SMILES string of the molecule is CCCCC/C=C\COC(=O)c1ccc(OC)cc1. The predicted octanol–water partition coefficient (Wildman–Crippen LogP) is 3.99. The third-order valence-electron chi connectivity index (χ3n) is 2.78. The fourth-order valence-electron chi connectivity index (χ4n) is 1.63. The van der Waals surface area contributed by atoms with Gasteiger partial charge < -0.3 is 9.47 Å². The molecular weight excluding hydrogens is 240 g/mol. The standard InChI is InChI=1S/C16H22O3/c1-3-4-5-6-7-8-13-19-16(17)14-9-11-15(18-2)12-10-14/h7-12H,3-6,13H2,1-2H3/b8-7-. The molecule has 0 aliphatic carbocycles. The second-order valence-corrected chi connectivity index (χ2v) is 4.29. The average Bonchev–Trinajstić information content (AvgIpc) is 2.46. The van der Waals surface area contributed by atoms with Crippen LogP contribution in [-0.2, 0) is 4.74 Å². The van der Waals surface area contributed by atoms with Crippen molar-refractivity contribution in [2.45, 2.75) is 32.6 Å². The van der Waals surface area contributed by atoms with Crippen molar-refractivity contribution >= 4 is 5.97 Å². The summed E-state index contributed by atoms with van der Waals surface area (Å²) in [6.45, 7) is 2.51. The lowest BCUT2D eigenvalue weighted by atomic mass is 10.2. The first-order valence-electron chi connectivity index (χ1n) is 6.74. The van der Waals surface area contributed by atoms with Crippen molar-refractivity contribution in [1.82, 2.24) is 0 Å². The predicted molar refractivity (Wildman–Crippen MR) is 76.6 cm³/mol. The summed E-state index contributed by atoms with van der Waals surface area (Å²) in [6.07, 6.45) is 8.68. The monoisotopic (exact) mass is 262 g/mol. The van der Waals surface area contributed by atoms with Gasteiger partial charge in [0.15, 0.2) is 0 Å². The molecule has 1 aromatic carbocycles. The molecule has 0 N–H and O–H groups in total. The Hall–Kier alpha value is -1.77. The summed E-state index contributed by atoms with van der Waals surface area (Å²) in [5, 5.41) is 0. The van der Waals surface area contributed by atoms with Gasteiger partial charge in [0, 0.05) is 0 Å². The number of unbranched alkanes of at least 4 members (excludes halogenated alkanes) is 3. The lowest BCUT2D eigenvalue weighted by molar-refractivity contribution is 0.0549. The van der Waals surface area contributed by atoms with E-state index in [9.17, 15) is 4.79 Å². The quantitative estimate of drug-likeness (QED) is 0.404. The molecule has 0 amide bonds. The van der Waals surface area contributed by atoms with Crippen molar-refractivity contribution in [3.8, 4) is 5.75 Å². The van der Waals surface area contributed by atoms with Crippen molar-refractivity contribution in [2.24, 2.45) is 0 Å². The van der Waals surface area contributed by atoms with E-state index in [2.05, 4.69) is 13.0 Å². The minimum Gasteiger partial charge on any atom is -0.497 e. The molecule has 0 aliphatic rings. The van der Waals surface area contributed by atoms with E-state index < -0.39 is 0 Å². The Labute approximate surface area is 115 Å². The van der Waals surface area contributed by atoms with E-state index in [1.807, 2.05) is 6.08 Å². The van der Waals surface area contributed by atoms with Crippen molar-refractivity contribution in [3.05, 3.63) is 42.0 Å². The molecule has 0 spiro atoms. The molecule has 104 valence electrons. The first-order chi connectivity index (χ1) is 9.27. The van der Waals surface area contributed by atoms with Gasteiger partial charge in [-0.3, -0.25) is 0 Å². The molecule has 0 atom stereocenters. The number of rotatable bonds is 8. The Bertz CT molecular complexity index is 393. The van der Waals surface area contributed by atoms with Crippen molar-refractivity contribution in [2.75, 3.05) is 13.7 Å². The third-order valence-corrected chi connectivity index (χ3v) is 2.78. The zero-order valence-corrected chi connectivity index (χ0v) is 11.7. The zero-order chi connectivity index (χ0) is 13.9. The van der Waals surface area contributed by atoms with Crippen LogP contribution in [0.4, 0.5) is 0 Å². The van der Waals surface area contributed by atoms with Gasteiger partial charge in [-0.1, -0.05) is 31.9 Å². The summed E-state index contributed by atoms with van der Waals surface area (Å²) in [5.74, 6) is 0.424. The maximum Gasteiger partial charge on any atom is 0.338 e. The van der Waals surface area contributed by atoms with Gasteiger partial charge in [-0.15, -0.1) is 0 Å². The molecular formula is C16H22O3. The lowest BCUT2D eigenvalue weighted by Gasteiger charge is -2.03. The smallest absolute Gasteiger partial charge is 0.338 e. The Kier molecular flexibility index (Phi) is 7.40. The first kappa shape index (κ1) is 15.3. The van der Waals surface area contributed by atoms with Crippen LogP contribution in [-0.4, -0.2) is 19.7 Å². The van der Waals surface area contributed by atoms with Gasteiger partial charge in [-0.2, -0.15) is 0 Å². The first-order valence-corrected chi connectivity index (χ1v) is 6.74. The highest BCUT2D eigenvalue weighted by Gasteiger charge is 2.05. The van der Waals surface area contributed by atoms with Crippen LogP contribution in [0.1, 0.15) is 43.0 Å². The van der Waals surface area contributed by atoms with Gasteiger partial charge in [0.2, 0.25) is 0 Å². The fraction of sp³-hybridized carbons (Fsp3) is 0.438. The van der Waals surface area contributed by atoms with Gasteiger partial charge in [-0.25, -0.2) is 4.79 Å². The molecule has 0 fully saturated rings. The summed E-state index contributed by atoms with van der Waals surface area (Å²) < 4.78 is 10.2. The van der Waals surface area contributed by atoms with Crippen LogP contribution in [0, 0.1) is 0 Å². The maximum atomic E-state index is 11.7. The number of carbonyl (C=O) groups excluding carboxylic acids is 1. The van der Waals surface area contributed by atoms with Gasteiger partial charge in [0.05, 0.1) is 12.7 Å². The van der Waals surface area contributed by atoms with E-state index in [0.29, 0.717) is 12.2 Å². The molecule has 1 aromatic rings. The highest BCUT2D eigenvalue weighted by molar-refractivity contribution is 5.89. The van der Waals surface area contributed by atoms with Crippen LogP contribution >= 0.6 is 0 Å². The number of carbonyl (C=O) groups is 1. The van der Waals surface area contributed by atoms with Gasteiger partial charge >= 0.3 is 5.97 Å². The average molecular weight is 262 g/mol. The van der Waals surface area contributed by atoms with E-state index in [1.54, 1.807) is 31.4 Å². The van der Waals surface area contributed by atoms with E-state index in [1.165, 1.54) is 19.3 Å². The van der Waals surface area contributed by atoms with Crippen LogP contribution in [0.5, 0.6) is 5.75 Å². The minimum atomic E-state index is -0.305. The van der Waals surface area contributed by atoms with Gasteiger partial charge in [0.1, 0.15) is 12.4 Å².